The second-order valence-electron chi connectivity index (χ2n) is 4.23. The first-order valence-corrected chi connectivity index (χ1v) is 14.5. The predicted molar refractivity (Wildman–Crippen MR) is 52.5 cm³/mol. The standard InChI is InChI=1S/C6H9O2.3CH3.Sn/c1-2-7-6-4-3-5-8-6;;;;/h6H,1,3-5H2;3*1H3;. The Labute approximate surface area is 78.8 Å². The molecule has 0 bridgehead atoms. The second-order valence-corrected chi connectivity index (χ2v) is 18.7. The number of hydrogen-bond acceptors (Lipinski definition) is 2. The predicted octanol–water partition coefficient (Wildman–Crippen LogP) is 2.53. The molecule has 2 nitrogen and oxygen atoms in total. The average Bonchev–Trinajstić information content (AvgIpc) is 2.37. The van der Waals surface area contributed by atoms with Gasteiger partial charge in [-0.1, -0.05) is 0 Å². The molecule has 0 aromatic heterocycles. The molecule has 0 N–H and O–H groups in total. The van der Waals surface area contributed by atoms with Gasteiger partial charge in [0, 0.05) is 0 Å². The number of ether oxygens (including phenoxy) is 2. The monoisotopic (exact) mass is 278 g/mol. The quantitative estimate of drug-likeness (QED) is 0.583. The van der Waals surface area contributed by atoms with Gasteiger partial charge < -0.3 is 0 Å². The van der Waals surface area contributed by atoms with Crippen molar-refractivity contribution in [2.45, 2.75) is 34.0 Å². The van der Waals surface area contributed by atoms with E-state index in [2.05, 4.69) is 21.4 Å². The SMILES string of the molecule is C=[C](OC1CCCO1)[Sn]([CH3])([CH3])[CH3]. The Morgan fingerprint density at radius 3 is 2.58 bits per heavy atom. The van der Waals surface area contributed by atoms with Crippen molar-refractivity contribution in [2.75, 3.05) is 6.61 Å². The second kappa shape index (κ2) is 4.00. The zero-order chi connectivity index (χ0) is 9.19. The Morgan fingerprint density at radius 2 is 2.17 bits per heavy atom. The summed E-state index contributed by atoms with van der Waals surface area (Å²) in [4.78, 5) is 6.89. The molecule has 0 aromatic rings. The molecule has 0 radical (unpaired) electrons. The molecule has 0 spiro atoms. The summed E-state index contributed by atoms with van der Waals surface area (Å²) < 4.78 is 12.0. The van der Waals surface area contributed by atoms with E-state index in [1.54, 1.807) is 0 Å². The minimum absolute atomic E-state index is 0.00780. The van der Waals surface area contributed by atoms with Crippen LogP contribution in [0.25, 0.3) is 0 Å². The van der Waals surface area contributed by atoms with Gasteiger partial charge in [-0.25, -0.2) is 0 Å². The summed E-state index contributed by atoms with van der Waals surface area (Å²) in [6.07, 6.45) is 2.16. The fourth-order valence-corrected chi connectivity index (χ4v) is 2.36. The van der Waals surface area contributed by atoms with Crippen LogP contribution in [0, 0.1) is 0 Å². The van der Waals surface area contributed by atoms with Crippen LogP contribution in [0.1, 0.15) is 12.8 Å². The third-order valence-corrected chi connectivity index (χ3v) is 7.11. The molecule has 0 aromatic carbocycles. The minimum atomic E-state index is -2.01. The molecule has 1 aliphatic heterocycles. The fraction of sp³-hybridized carbons (Fsp3) is 0.778. The van der Waals surface area contributed by atoms with Crippen LogP contribution in [0.4, 0.5) is 0 Å². The molecular weight excluding hydrogens is 259 g/mol. The van der Waals surface area contributed by atoms with Crippen LogP contribution in [0.5, 0.6) is 0 Å². The summed E-state index contributed by atoms with van der Waals surface area (Å²) in [6.45, 7) is 4.83. The van der Waals surface area contributed by atoms with Crippen molar-refractivity contribution in [1.29, 1.82) is 0 Å². The number of rotatable bonds is 3. The van der Waals surface area contributed by atoms with Gasteiger partial charge in [0.15, 0.2) is 0 Å². The molecule has 3 heteroatoms. The van der Waals surface area contributed by atoms with Gasteiger partial charge in [-0.3, -0.25) is 0 Å². The van der Waals surface area contributed by atoms with Gasteiger partial charge in [0.05, 0.1) is 0 Å². The van der Waals surface area contributed by atoms with Crippen molar-refractivity contribution in [2.24, 2.45) is 0 Å². The molecule has 1 saturated heterocycles. The zero-order valence-corrected chi connectivity index (χ0v) is 11.1. The maximum absolute atomic E-state index is 5.65. The Hall–Kier alpha value is 0.299. The van der Waals surface area contributed by atoms with Crippen molar-refractivity contribution < 1.29 is 9.47 Å². The van der Waals surface area contributed by atoms with Crippen LogP contribution in [-0.2, 0) is 9.47 Å². The van der Waals surface area contributed by atoms with E-state index in [9.17, 15) is 0 Å². The molecule has 0 amide bonds. The van der Waals surface area contributed by atoms with Crippen molar-refractivity contribution >= 4 is 18.4 Å². The van der Waals surface area contributed by atoms with E-state index in [0.717, 1.165) is 23.2 Å². The van der Waals surface area contributed by atoms with E-state index >= 15 is 0 Å². The summed E-state index contributed by atoms with van der Waals surface area (Å²) in [5.74, 6) is 0. The first-order chi connectivity index (χ1) is 5.50. The molecule has 0 saturated carbocycles. The maximum atomic E-state index is 5.65. The molecule has 1 rings (SSSR count). The molecule has 1 unspecified atom stereocenters. The van der Waals surface area contributed by atoms with Gasteiger partial charge in [0.1, 0.15) is 0 Å². The van der Waals surface area contributed by atoms with Crippen molar-refractivity contribution in [1.82, 2.24) is 0 Å². The first-order valence-electron chi connectivity index (χ1n) is 4.48. The Bertz CT molecular complexity index is 166. The Morgan fingerprint density at radius 1 is 1.50 bits per heavy atom. The van der Waals surface area contributed by atoms with Gasteiger partial charge in [-0.2, -0.15) is 0 Å². The van der Waals surface area contributed by atoms with Gasteiger partial charge in [0.2, 0.25) is 0 Å². The fourth-order valence-electron chi connectivity index (χ4n) is 0.977. The van der Waals surface area contributed by atoms with E-state index in [-0.39, 0.29) is 6.29 Å². The van der Waals surface area contributed by atoms with Crippen molar-refractivity contribution in [3.63, 3.8) is 0 Å². The summed E-state index contributed by atoms with van der Waals surface area (Å²) in [6, 6.07) is 0. The van der Waals surface area contributed by atoms with Gasteiger partial charge in [-0.05, 0) is 0 Å². The van der Waals surface area contributed by atoms with Crippen molar-refractivity contribution in [3.05, 3.63) is 10.4 Å². The van der Waals surface area contributed by atoms with Crippen molar-refractivity contribution in [3.8, 4) is 0 Å². The molecule has 1 aliphatic rings. The molecule has 12 heavy (non-hydrogen) atoms. The van der Waals surface area contributed by atoms with E-state index in [1.165, 1.54) is 0 Å². The molecule has 70 valence electrons. The van der Waals surface area contributed by atoms with E-state index in [4.69, 9.17) is 9.47 Å². The van der Waals surface area contributed by atoms with Crippen LogP contribution in [0.15, 0.2) is 10.4 Å². The molecule has 1 atom stereocenters. The van der Waals surface area contributed by atoms with E-state index in [0.29, 0.717) is 0 Å². The zero-order valence-electron chi connectivity index (χ0n) is 8.22. The summed E-state index contributed by atoms with van der Waals surface area (Å²) in [7, 11) is 0. The molecule has 0 aliphatic carbocycles. The van der Waals surface area contributed by atoms with E-state index < -0.39 is 18.4 Å². The summed E-state index contributed by atoms with van der Waals surface area (Å²) >= 11 is -2.01. The van der Waals surface area contributed by atoms with Crippen LogP contribution >= 0.6 is 0 Å². The molecular formula is C9H18O2Sn. The molecule has 1 fully saturated rings. The first kappa shape index (κ1) is 10.4. The number of hydrogen-bond donors (Lipinski definition) is 0. The Kier molecular flexibility index (Phi) is 3.46. The average molecular weight is 277 g/mol. The normalized spacial score (nSPS) is 24.1. The molecule has 1 heterocycles. The van der Waals surface area contributed by atoms with Crippen LogP contribution < -0.4 is 0 Å². The summed E-state index contributed by atoms with van der Waals surface area (Å²) in [5, 5.41) is 0. The third kappa shape index (κ3) is 2.98. The van der Waals surface area contributed by atoms with E-state index in [1.807, 2.05) is 0 Å². The third-order valence-electron chi connectivity index (χ3n) is 2.00. The van der Waals surface area contributed by atoms with Crippen LogP contribution in [-0.4, -0.2) is 31.3 Å². The topological polar surface area (TPSA) is 18.5 Å². The van der Waals surface area contributed by atoms with Gasteiger partial charge in [-0.15, -0.1) is 0 Å². The Balaban J connectivity index is 2.35. The van der Waals surface area contributed by atoms with Crippen LogP contribution in [0.2, 0.25) is 14.8 Å². The summed E-state index contributed by atoms with van der Waals surface area (Å²) in [5.41, 5.74) is 0. The van der Waals surface area contributed by atoms with Gasteiger partial charge >= 0.3 is 78.8 Å². The van der Waals surface area contributed by atoms with Crippen LogP contribution in [0.3, 0.4) is 0 Å². The van der Waals surface area contributed by atoms with Gasteiger partial charge in [0.25, 0.3) is 0 Å².